The van der Waals surface area contributed by atoms with Crippen LogP contribution in [0, 0.1) is 5.92 Å². The van der Waals surface area contributed by atoms with E-state index in [1.165, 1.54) is 24.9 Å². The van der Waals surface area contributed by atoms with Crippen molar-refractivity contribution in [3.8, 4) is 0 Å². The lowest BCUT2D eigenvalue weighted by atomic mass is 10.1. The molecule has 0 spiro atoms. The van der Waals surface area contributed by atoms with Crippen molar-refractivity contribution >= 4 is 28.9 Å². The molecule has 0 radical (unpaired) electrons. The van der Waals surface area contributed by atoms with Crippen LogP contribution in [0.2, 0.25) is 0 Å². The maximum absolute atomic E-state index is 12.8. The third kappa shape index (κ3) is 4.29. The van der Waals surface area contributed by atoms with Crippen LogP contribution in [0.15, 0.2) is 48.5 Å². The number of nitrogens with one attached hydrogen (secondary N) is 1. The van der Waals surface area contributed by atoms with Crippen molar-refractivity contribution < 1.29 is 9.59 Å². The largest absolute Gasteiger partial charge is 0.372 e. The fourth-order valence-electron chi connectivity index (χ4n) is 4.34. The molecule has 1 N–H and O–H groups in total. The maximum Gasteiger partial charge on any atom is 0.229 e. The molecule has 2 heterocycles. The van der Waals surface area contributed by atoms with Gasteiger partial charge in [0.15, 0.2) is 0 Å². The quantitative estimate of drug-likeness (QED) is 0.830. The number of nitrogens with zero attached hydrogens (tertiary/aromatic N) is 2. The zero-order valence-corrected chi connectivity index (χ0v) is 17.1. The van der Waals surface area contributed by atoms with E-state index in [4.69, 9.17) is 0 Å². The Morgan fingerprint density at radius 2 is 1.76 bits per heavy atom. The molecule has 2 fully saturated rings. The van der Waals surface area contributed by atoms with Crippen LogP contribution >= 0.6 is 0 Å². The highest BCUT2D eigenvalue weighted by Crippen LogP contribution is 2.29. The highest BCUT2D eigenvalue weighted by molar-refractivity contribution is 6.03. The predicted octanol–water partition coefficient (Wildman–Crippen LogP) is 4.23. The van der Waals surface area contributed by atoms with Crippen LogP contribution in [0.3, 0.4) is 0 Å². The molecule has 2 aromatic carbocycles. The Hall–Kier alpha value is -2.82. The fraction of sp³-hybridized carbons (Fsp3) is 0.417. The van der Waals surface area contributed by atoms with E-state index in [0.717, 1.165) is 36.4 Å². The average molecular weight is 392 g/mol. The molecule has 4 rings (SSSR count). The van der Waals surface area contributed by atoms with Gasteiger partial charge in [0.1, 0.15) is 0 Å². The van der Waals surface area contributed by atoms with Crippen molar-refractivity contribution in [1.82, 2.24) is 0 Å². The van der Waals surface area contributed by atoms with Crippen LogP contribution in [0.25, 0.3) is 0 Å². The van der Waals surface area contributed by atoms with E-state index in [1.807, 2.05) is 36.4 Å². The van der Waals surface area contributed by atoms with Gasteiger partial charge in [-0.1, -0.05) is 25.1 Å². The molecule has 2 saturated heterocycles. The van der Waals surface area contributed by atoms with Gasteiger partial charge in [0, 0.05) is 43.1 Å². The summed E-state index contributed by atoms with van der Waals surface area (Å²) in [5, 5.41) is 3.00. The number of anilines is 3. The van der Waals surface area contributed by atoms with Crippen LogP contribution in [0.5, 0.6) is 0 Å². The average Bonchev–Trinajstić information content (AvgIpc) is 3.16. The molecule has 2 aromatic rings. The maximum atomic E-state index is 12.8. The van der Waals surface area contributed by atoms with Gasteiger partial charge >= 0.3 is 0 Å². The Morgan fingerprint density at radius 1 is 1.03 bits per heavy atom. The SMILES string of the molecule is CCc1ccccc1N1CC(C(=O)Nc2ccc(N3CCCCC3)cc2)CC1=O. The molecule has 0 saturated carbocycles. The van der Waals surface area contributed by atoms with Crippen molar-refractivity contribution in [3.05, 3.63) is 54.1 Å². The fourth-order valence-corrected chi connectivity index (χ4v) is 4.34. The molecule has 1 unspecified atom stereocenters. The summed E-state index contributed by atoms with van der Waals surface area (Å²) < 4.78 is 0. The van der Waals surface area contributed by atoms with Gasteiger partial charge in [0.25, 0.3) is 0 Å². The molecule has 1 atom stereocenters. The minimum Gasteiger partial charge on any atom is -0.372 e. The number of carbonyl (C=O) groups is 2. The van der Waals surface area contributed by atoms with E-state index in [-0.39, 0.29) is 24.2 Å². The number of para-hydroxylation sites is 1. The molecular formula is C24H29N3O2. The molecule has 5 nitrogen and oxygen atoms in total. The lowest BCUT2D eigenvalue weighted by Gasteiger charge is -2.28. The number of aryl methyl sites for hydroxylation is 1. The Balaban J connectivity index is 1.39. The zero-order valence-electron chi connectivity index (χ0n) is 17.1. The molecule has 152 valence electrons. The van der Waals surface area contributed by atoms with Crippen molar-refractivity contribution in [2.24, 2.45) is 5.92 Å². The summed E-state index contributed by atoms with van der Waals surface area (Å²) in [7, 11) is 0. The number of rotatable bonds is 5. The summed E-state index contributed by atoms with van der Waals surface area (Å²) in [5.41, 5.74) is 4.06. The molecule has 0 bridgehead atoms. The van der Waals surface area contributed by atoms with Gasteiger partial charge in [-0.3, -0.25) is 9.59 Å². The molecule has 5 heteroatoms. The lowest BCUT2D eigenvalue weighted by molar-refractivity contribution is -0.122. The van der Waals surface area contributed by atoms with Gasteiger partial charge in [-0.2, -0.15) is 0 Å². The van der Waals surface area contributed by atoms with Gasteiger partial charge < -0.3 is 15.1 Å². The van der Waals surface area contributed by atoms with Gasteiger partial charge in [-0.15, -0.1) is 0 Å². The van der Waals surface area contributed by atoms with Gasteiger partial charge in [0.05, 0.1) is 5.92 Å². The minimum absolute atomic E-state index is 0.0199. The Morgan fingerprint density at radius 3 is 2.48 bits per heavy atom. The monoisotopic (exact) mass is 391 g/mol. The van der Waals surface area contributed by atoms with E-state index in [2.05, 4.69) is 29.3 Å². The topological polar surface area (TPSA) is 52.7 Å². The second-order valence-corrected chi connectivity index (χ2v) is 7.97. The Labute approximate surface area is 172 Å². The molecular weight excluding hydrogens is 362 g/mol. The molecule has 2 amide bonds. The smallest absolute Gasteiger partial charge is 0.229 e. The van der Waals surface area contributed by atoms with Crippen molar-refractivity contribution in [2.75, 3.05) is 34.8 Å². The lowest BCUT2D eigenvalue weighted by Crippen LogP contribution is -2.29. The molecule has 2 aliphatic rings. The minimum atomic E-state index is -0.325. The predicted molar refractivity (Wildman–Crippen MR) is 117 cm³/mol. The second kappa shape index (κ2) is 8.68. The first-order chi connectivity index (χ1) is 14.2. The number of carbonyl (C=O) groups excluding carboxylic acids is 2. The van der Waals surface area contributed by atoms with Crippen molar-refractivity contribution in [1.29, 1.82) is 0 Å². The van der Waals surface area contributed by atoms with Crippen LogP contribution in [0.4, 0.5) is 17.1 Å². The van der Waals surface area contributed by atoms with Gasteiger partial charge in [-0.05, 0) is 61.6 Å². The molecule has 2 aliphatic heterocycles. The van der Waals surface area contributed by atoms with Crippen LogP contribution in [-0.2, 0) is 16.0 Å². The number of piperidine rings is 1. The molecule has 0 aliphatic carbocycles. The number of hydrogen-bond donors (Lipinski definition) is 1. The van der Waals surface area contributed by atoms with E-state index in [9.17, 15) is 9.59 Å². The summed E-state index contributed by atoms with van der Waals surface area (Å²) in [6.07, 6.45) is 4.91. The van der Waals surface area contributed by atoms with Crippen LogP contribution < -0.4 is 15.1 Å². The summed E-state index contributed by atoms with van der Waals surface area (Å²) in [6.45, 7) is 4.72. The first-order valence-corrected chi connectivity index (χ1v) is 10.7. The van der Waals surface area contributed by atoms with Crippen LogP contribution in [-0.4, -0.2) is 31.4 Å². The van der Waals surface area contributed by atoms with Crippen LogP contribution in [0.1, 0.15) is 38.2 Å². The number of amides is 2. The van der Waals surface area contributed by atoms with Gasteiger partial charge in [-0.25, -0.2) is 0 Å². The standard InChI is InChI=1S/C24H29N3O2/c1-2-18-8-4-5-9-22(18)27-17-19(16-23(27)28)24(29)25-20-10-12-21(13-11-20)26-14-6-3-7-15-26/h4-5,8-13,19H,2-3,6-7,14-17H2,1H3,(H,25,29). The summed E-state index contributed by atoms with van der Waals surface area (Å²) in [5.74, 6) is -0.388. The second-order valence-electron chi connectivity index (χ2n) is 7.97. The molecule has 29 heavy (non-hydrogen) atoms. The highest BCUT2D eigenvalue weighted by Gasteiger charge is 2.35. The van der Waals surface area contributed by atoms with E-state index in [1.54, 1.807) is 4.90 Å². The number of hydrogen-bond acceptors (Lipinski definition) is 3. The zero-order chi connectivity index (χ0) is 20.2. The van der Waals surface area contributed by atoms with E-state index < -0.39 is 0 Å². The van der Waals surface area contributed by atoms with Crippen molar-refractivity contribution in [2.45, 2.75) is 39.0 Å². The Bertz CT molecular complexity index is 872. The van der Waals surface area contributed by atoms with E-state index >= 15 is 0 Å². The first kappa shape index (κ1) is 19.5. The van der Waals surface area contributed by atoms with Crippen molar-refractivity contribution in [3.63, 3.8) is 0 Å². The summed E-state index contributed by atoms with van der Waals surface area (Å²) >= 11 is 0. The van der Waals surface area contributed by atoms with Gasteiger partial charge in [0.2, 0.25) is 11.8 Å². The van der Waals surface area contributed by atoms with E-state index in [0.29, 0.717) is 6.54 Å². The molecule has 0 aromatic heterocycles. The highest BCUT2D eigenvalue weighted by atomic mass is 16.2. The Kier molecular flexibility index (Phi) is 5.84. The third-order valence-electron chi connectivity index (χ3n) is 6.02. The summed E-state index contributed by atoms with van der Waals surface area (Å²) in [6, 6.07) is 16.0. The first-order valence-electron chi connectivity index (χ1n) is 10.7. The normalized spacial score (nSPS) is 19.5. The number of benzene rings is 2. The third-order valence-corrected chi connectivity index (χ3v) is 6.02. The summed E-state index contributed by atoms with van der Waals surface area (Å²) in [4.78, 5) is 29.5.